The average Bonchev–Trinajstić information content (AvgIpc) is 3.39. The largest absolute Gasteiger partial charge is 0.673 e. The minimum absolute atomic E-state index is 0.0899. The van der Waals surface area contributed by atoms with Crippen LogP contribution >= 0.6 is 0 Å². The maximum atomic E-state index is 11.8. The fraction of sp³-hybridized carbons (Fsp3) is 0.350. The highest BCUT2D eigenvalue weighted by Gasteiger charge is 2.44. The Labute approximate surface area is 288 Å². The van der Waals surface area contributed by atoms with Crippen LogP contribution in [0.3, 0.4) is 0 Å². The van der Waals surface area contributed by atoms with Gasteiger partial charge in [0.15, 0.2) is 12.3 Å². The first-order valence-electron chi connectivity index (χ1n) is 17.0. The number of nitrogens with zero attached hydrogens (tertiary/aromatic N) is 2. The van der Waals surface area contributed by atoms with Gasteiger partial charge in [0.1, 0.15) is 0 Å². The molecule has 0 saturated heterocycles. The quantitative estimate of drug-likeness (QED) is 0.0479. The first kappa shape index (κ1) is 37.4. The number of ether oxygens (including phenoxy) is 1. The zero-order valence-corrected chi connectivity index (χ0v) is 29.1. The summed E-state index contributed by atoms with van der Waals surface area (Å²) >= 11 is 0. The third-order valence-corrected chi connectivity index (χ3v) is 9.08. The summed E-state index contributed by atoms with van der Waals surface area (Å²) in [5.74, 6) is -0.0925. The Bertz CT molecular complexity index is 1700. The Morgan fingerprint density at radius 3 is 2.12 bits per heavy atom. The molecule has 260 valence electrons. The van der Waals surface area contributed by atoms with Crippen LogP contribution in [0.1, 0.15) is 77.0 Å². The molecule has 0 unspecified atom stereocenters. The van der Waals surface area contributed by atoms with Gasteiger partial charge in [0.2, 0.25) is 5.69 Å². The lowest BCUT2D eigenvalue weighted by atomic mass is 9.81. The number of rotatable bonds is 12. The molecule has 0 amide bonds. The van der Waals surface area contributed by atoms with Gasteiger partial charge in [0, 0.05) is 53.0 Å². The second-order valence-electron chi connectivity index (χ2n) is 13.3. The topological polar surface area (TPSA) is 32.5 Å². The minimum Gasteiger partial charge on any atom is -0.466 e. The maximum Gasteiger partial charge on any atom is 0.673 e. The van der Waals surface area contributed by atoms with Gasteiger partial charge in [-0.05, 0) is 51.3 Å². The number of hydrogen-bond donors (Lipinski definition) is 0. The van der Waals surface area contributed by atoms with Crippen molar-refractivity contribution in [3.8, 4) is 0 Å². The second kappa shape index (κ2) is 16.3. The van der Waals surface area contributed by atoms with Crippen molar-refractivity contribution < 1.29 is 31.4 Å². The van der Waals surface area contributed by atoms with Gasteiger partial charge in [0.05, 0.1) is 12.0 Å². The molecule has 2 aliphatic heterocycles. The van der Waals surface area contributed by atoms with Crippen molar-refractivity contribution in [3.63, 3.8) is 0 Å². The molecule has 0 spiro atoms. The van der Waals surface area contributed by atoms with E-state index in [9.17, 15) is 22.1 Å². The molecular formula is C40H47BF4N2O2. The Hall–Kier alpha value is -4.40. The molecular weight excluding hydrogens is 627 g/mol. The molecule has 2 heterocycles. The highest BCUT2D eigenvalue weighted by molar-refractivity contribution is 6.50. The molecule has 0 aliphatic carbocycles. The van der Waals surface area contributed by atoms with E-state index in [0.717, 1.165) is 32.4 Å². The summed E-state index contributed by atoms with van der Waals surface area (Å²) in [5.41, 5.74) is 9.03. The van der Waals surface area contributed by atoms with Crippen LogP contribution < -0.4 is 4.90 Å². The molecule has 5 rings (SSSR count). The fourth-order valence-electron chi connectivity index (χ4n) is 6.77. The molecule has 3 aromatic rings. The highest BCUT2D eigenvalue weighted by atomic mass is 19.5. The van der Waals surface area contributed by atoms with Crippen LogP contribution in [0.5, 0.6) is 0 Å². The molecule has 0 aromatic heterocycles. The number of carbonyl (C=O) groups is 1. The SMILES string of the molecule is CCOC(=O)CCCCCN1/C(=C/C=C/C=C/C2=[N+](Cc3ccccc3)c3ccccc3C2(C)C)C(C)(C)c2ccccc21.F[B-](F)(F)F. The summed E-state index contributed by atoms with van der Waals surface area (Å²) in [6.45, 7) is 13.4. The van der Waals surface area contributed by atoms with Crippen molar-refractivity contribution in [1.29, 1.82) is 0 Å². The zero-order valence-electron chi connectivity index (χ0n) is 29.1. The molecule has 0 N–H and O–H groups in total. The third-order valence-electron chi connectivity index (χ3n) is 9.08. The molecule has 0 atom stereocenters. The van der Waals surface area contributed by atoms with E-state index < -0.39 is 7.25 Å². The summed E-state index contributed by atoms with van der Waals surface area (Å²) in [4.78, 5) is 14.2. The normalized spacial score (nSPS) is 17.0. The van der Waals surface area contributed by atoms with Gasteiger partial charge in [-0.25, -0.2) is 0 Å². The summed E-state index contributed by atoms with van der Waals surface area (Å²) in [6, 6.07) is 28.3. The predicted octanol–water partition coefficient (Wildman–Crippen LogP) is 10.5. The van der Waals surface area contributed by atoms with E-state index in [1.165, 1.54) is 39.5 Å². The second-order valence-corrected chi connectivity index (χ2v) is 13.3. The lowest BCUT2D eigenvalue weighted by Crippen LogP contribution is -2.27. The highest BCUT2D eigenvalue weighted by Crippen LogP contribution is 2.47. The Balaban J connectivity index is 0.00000101. The molecule has 2 aliphatic rings. The summed E-state index contributed by atoms with van der Waals surface area (Å²) in [5, 5.41) is 0. The van der Waals surface area contributed by atoms with E-state index in [1.807, 2.05) is 6.92 Å². The molecule has 3 aromatic carbocycles. The molecule has 4 nitrogen and oxygen atoms in total. The van der Waals surface area contributed by atoms with E-state index in [4.69, 9.17) is 4.74 Å². The first-order valence-corrected chi connectivity index (χ1v) is 17.0. The van der Waals surface area contributed by atoms with Crippen molar-refractivity contribution in [2.45, 2.75) is 77.7 Å². The van der Waals surface area contributed by atoms with E-state index in [0.29, 0.717) is 13.0 Å². The van der Waals surface area contributed by atoms with Crippen LogP contribution in [0.2, 0.25) is 0 Å². The van der Waals surface area contributed by atoms with Crippen LogP contribution in [-0.4, -0.2) is 36.7 Å². The first-order chi connectivity index (χ1) is 23.2. The van der Waals surface area contributed by atoms with Crippen LogP contribution in [0.4, 0.5) is 28.6 Å². The van der Waals surface area contributed by atoms with Gasteiger partial charge in [-0.3, -0.25) is 4.79 Å². The number of anilines is 1. The maximum absolute atomic E-state index is 11.8. The third kappa shape index (κ3) is 9.61. The summed E-state index contributed by atoms with van der Waals surface area (Å²) in [6.07, 6.45) is 14.5. The number of carbonyl (C=O) groups excluding carboxylic acids is 1. The standard InChI is InChI=1S/C40H47N2O2.BF4/c1-6-44-38(43)28-14-9-19-29-41-34-24-17-15-22-32(34)39(2,3)36(41)26-12-8-13-27-37-40(4,5)33-23-16-18-25-35(33)42(37)30-31-20-10-7-11-21-31;2-1(3,4)5/h7-8,10-13,15-18,20-27H,6,9,14,19,28-30H2,1-5H3;/q+1;-1. The van der Waals surface area contributed by atoms with E-state index in [1.54, 1.807) is 0 Å². The van der Waals surface area contributed by atoms with Crippen LogP contribution in [0.15, 0.2) is 115 Å². The van der Waals surface area contributed by atoms with Gasteiger partial charge in [0.25, 0.3) is 0 Å². The lowest BCUT2D eigenvalue weighted by molar-refractivity contribution is -0.455. The number of unbranched alkanes of at least 4 members (excludes halogenated alkanes) is 2. The lowest BCUT2D eigenvalue weighted by Gasteiger charge is -2.27. The van der Waals surface area contributed by atoms with Gasteiger partial charge in [-0.15, -0.1) is 0 Å². The number of halogens is 4. The van der Waals surface area contributed by atoms with Gasteiger partial charge in [-0.2, -0.15) is 4.58 Å². The fourth-order valence-corrected chi connectivity index (χ4v) is 6.77. The number of fused-ring (bicyclic) bond motifs is 2. The zero-order chi connectivity index (χ0) is 35.7. The predicted molar refractivity (Wildman–Crippen MR) is 193 cm³/mol. The van der Waals surface area contributed by atoms with E-state index in [-0.39, 0.29) is 16.8 Å². The number of benzene rings is 3. The number of hydrogen-bond acceptors (Lipinski definition) is 3. The molecule has 0 bridgehead atoms. The van der Waals surface area contributed by atoms with Crippen molar-refractivity contribution in [2.75, 3.05) is 18.1 Å². The molecule has 0 radical (unpaired) electrons. The van der Waals surface area contributed by atoms with Crippen LogP contribution in [0, 0.1) is 0 Å². The summed E-state index contributed by atoms with van der Waals surface area (Å²) < 4.78 is 46.6. The van der Waals surface area contributed by atoms with Gasteiger partial charge >= 0.3 is 13.2 Å². The molecule has 49 heavy (non-hydrogen) atoms. The van der Waals surface area contributed by atoms with E-state index in [2.05, 4.69) is 146 Å². The average molecular weight is 675 g/mol. The number of para-hydroxylation sites is 2. The molecule has 9 heteroatoms. The van der Waals surface area contributed by atoms with Crippen molar-refractivity contribution in [1.82, 2.24) is 0 Å². The van der Waals surface area contributed by atoms with Gasteiger partial charge < -0.3 is 26.9 Å². The minimum atomic E-state index is -6.00. The van der Waals surface area contributed by atoms with Gasteiger partial charge in [-0.1, -0.05) is 105 Å². The monoisotopic (exact) mass is 674 g/mol. The smallest absolute Gasteiger partial charge is 0.466 e. The van der Waals surface area contributed by atoms with Crippen LogP contribution in [0.25, 0.3) is 0 Å². The van der Waals surface area contributed by atoms with Crippen molar-refractivity contribution in [2.24, 2.45) is 0 Å². The Kier molecular flexibility index (Phi) is 12.5. The van der Waals surface area contributed by atoms with E-state index >= 15 is 0 Å². The van der Waals surface area contributed by atoms with Crippen LogP contribution in [-0.2, 0) is 26.9 Å². The van der Waals surface area contributed by atoms with Crippen molar-refractivity contribution in [3.05, 3.63) is 132 Å². The Morgan fingerprint density at radius 1 is 0.796 bits per heavy atom. The number of allylic oxidation sites excluding steroid dienone is 6. The summed E-state index contributed by atoms with van der Waals surface area (Å²) in [7, 11) is -6.00. The molecule has 0 saturated carbocycles. The van der Waals surface area contributed by atoms with Crippen molar-refractivity contribution >= 4 is 30.3 Å². The Morgan fingerprint density at radius 2 is 1.43 bits per heavy atom. The number of esters is 1. The molecule has 0 fully saturated rings.